The fourth-order valence-corrected chi connectivity index (χ4v) is 1.21. The van der Waals surface area contributed by atoms with Crippen LogP contribution < -0.4 is 9.86 Å². The maximum absolute atomic E-state index is 10.4. The van der Waals surface area contributed by atoms with Crippen molar-refractivity contribution in [2.45, 2.75) is 19.8 Å². The molecule has 0 radical (unpaired) electrons. The molecule has 1 rings (SSSR count). The first-order valence-corrected chi connectivity index (χ1v) is 4.73. The van der Waals surface area contributed by atoms with Gasteiger partial charge in [-0.15, -0.1) is 0 Å². The van der Waals surface area contributed by atoms with E-state index in [1.54, 1.807) is 0 Å². The molecule has 10 heavy (non-hydrogen) atoms. The normalized spacial score (nSPS) is 22.6. The van der Waals surface area contributed by atoms with Gasteiger partial charge in [0.15, 0.2) is 0 Å². The molecule has 0 aromatic carbocycles. The third kappa shape index (κ3) is 2.64. The molecule has 1 aliphatic carbocycles. The van der Waals surface area contributed by atoms with Crippen LogP contribution in [0.1, 0.15) is 19.8 Å². The molecule has 0 atom stereocenters. The summed E-state index contributed by atoms with van der Waals surface area (Å²) in [6, 6.07) is 0. The monoisotopic (exact) mass is 164 g/mol. The van der Waals surface area contributed by atoms with E-state index in [9.17, 15) is 8.42 Å². The molecular weight excluding hydrogens is 152 g/mol. The van der Waals surface area contributed by atoms with E-state index in [2.05, 4.69) is 4.72 Å². The molecule has 3 N–H and O–H groups in total. The summed E-state index contributed by atoms with van der Waals surface area (Å²) in [4.78, 5) is 0. The van der Waals surface area contributed by atoms with Gasteiger partial charge in [-0.05, 0) is 18.3 Å². The van der Waals surface area contributed by atoms with Crippen molar-refractivity contribution in [2.24, 2.45) is 10.6 Å². The van der Waals surface area contributed by atoms with Gasteiger partial charge in [-0.2, -0.15) is 8.42 Å². The van der Waals surface area contributed by atoms with Crippen LogP contribution in [0.4, 0.5) is 0 Å². The number of nitrogens with one attached hydrogen (secondary N) is 1. The Balaban J connectivity index is 2.30. The van der Waals surface area contributed by atoms with Crippen molar-refractivity contribution in [3.63, 3.8) is 0 Å². The Morgan fingerprint density at radius 1 is 1.60 bits per heavy atom. The van der Waals surface area contributed by atoms with E-state index in [0.717, 1.165) is 12.8 Å². The maximum Gasteiger partial charge on any atom is 0.274 e. The van der Waals surface area contributed by atoms with Crippen molar-refractivity contribution in [3.8, 4) is 0 Å². The zero-order valence-electron chi connectivity index (χ0n) is 5.92. The van der Waals surface area contributed by atoms with Gasteiger partial charge in [0.1, 0.15) is 0 Å². The van der Waals surface area contributed by atoms with Crippen LogP contribution in [0.25, 0.3) is 0 Å². The van der Waals surface area contributed by atoms with Crippen LogP contribution >= 0.6 is 0 Å². The summed E-state index contributed by atoms with van der Waals surface area (Å²) in [5.41, 5.74) is 0.187. The van der Waals surface area contributed by atoms with Crippen molar-refractivity contribution >= 4 is 10.2 Å². The van der Waals surface area contributed by atoms with Crippen molar-refractivity contribution in [3.05, 3.63) is 0 Å². The summed E-state index contributed by atoms with van der Waals surface area (Å²) in [7, 11) is -3.47. The Kier molecular flexibility index (Phi) is 1.74. The minimum Gasteiger partial charge on any atom is -0.216 e. The summed E-state index contributed by atoms with van der Waals surface area (Å²) in [6.45, 7) is 2.51. The van der Waals surface area contributed by atoms with E-state index in [-0.39, 0.29) is 5.41 Å². The summed E-state index contributed by atoms with van der Waals surface area (Å²) in [6.07, 6.45) is 2.19. The highest BCUT2D eigenvalue weighted by atomic mass is 32.2. The standard InChI is InChI=1S/C5H12N2O2S/c1-5(2-3-5)4-7-10(6,8)9/h7H,2-4H2,1H3,(H2,6,8,9). The van der Waals surface area contributed by atoms with E-state index in [1.807, 2.05) is 6.92 Å². The van der Waals surface area contributed by atoms with Gasteiger partial charge in [-0.25, -0.2) is 9.86 Å². The van der Waals surface area contributed by atoms with Crippen molar-refractivity contribution < 1.29 is 8.42 Å². The van der Waals surface area contributed by atoms with Crippen LogP contribution in [0.3, 0.4) is 0 Å². The van der Waals surface area contributed by atoms with E-state index >= 15 is 0 Å². The van der Waals surface area contributed by atoms with Crippen LogP contribution in [0.2, 0.25) is 0 Å². The highest BCUT2D eigenvalue weighted by Gasteiger charge is 2.37. The molecule has 0 bridgehead atoms. The first-order chi connectivity index (χ1) is 4.41. The molecule has 0 heterocycles. The molecule has 0 saturated heterocycles. The number of hydrogen-bond acceptors (Lipinski definition) is 2. The first-order valence-electron chi connectivity index (χ1n) is 3.19. The zero-order chi connectivity index (χ0) is 7.83. The highest BCUT2D eigenvalue weighted by molar-refractivity contribution is 7.87. The van der Waals surface area contributed by atoms with Crippen LogP contribution in [0, 0.1) is 5.41 Å². The fourth-order valence-electron chi connectivity index (χ4n) is 0.665. The molecule has 0 spiro atoms. The Morgan fingerprint density at radius 2 is 2.10 bits per heavy atom. The lowest BCUT2D eigenvalue weighted by atomic mass is 10.2. The molecular formula is C5H12N2O2S. The van der Waals surface area contributed by atoms with Gasteiger partial charge in [-0.3, -0.25) is 0 Å². The Morgan fingerprint density at radius 3 is 2.40 bits per heavy atom. The topological polar surface area (TPSA) is 72.2 Å². The van der Waals surface area contributed by atoms with Crippen LogP contribution in [0.5, 0.6) is 0 Å². The molecule has 0 unspecified atom stereocenters. The lowest BCUT2D eigenvalue weighted by molar-refractivity contribution is 0.531. The van der Waals surface area contributed by atoms with E-state index in [4.69, 9.17) is 5.14 Å². The van der Waals surface area contributed by atoms with Gasteiger partial charge in [-0.1, -0.05) is 6.92 Å². The number of rotatable bonds is 3. The smallest absolute Gasteiger partial charge is 0.216 e. The zero-order valence-corrected chi connectivity index (χ0v) is 6.74. The Bertz CT molecular complexity index is 218. The minimum atomic E-state index is -3.47. The molecule has 5 heteroatoms. The lowest BCUT2D eigenvalue weighted by Crippen LogP contribution is -2.34. The molecule has 0 amide bonds. The second-order valence-corrected chi connectivity index (χ2v) is 4.56. The van der Waals surface area contributed by atoms with Gasteiger partial charge in [0.2, 0.25) is 0 Å². The predicted molar refractivity (Wildman–Crippen MR) is 38.5 cm³/mol. The third-order valence-corrected chi connectivity index (χ3v) is 2.35. The van der Waals surface area contributed by atoms with Gasteiger partial charge >= 0.3 is 0 Å². The van der Waals surface area contributed by atoms with Crippen molar-refractivity contribution in [1.29, 1.82) is 0 Å². The average Bonchev–Trinajstić information content (AvgIpc) is 2.43. The molecule has 60 valence electrons. The predicted octanol–water partition coefficient (Wildman–Crippen LogP) is -0.420. The largest absolute Gasteiger partial charge is 0.274 e. The molecule has 0 aromatic heterocycles. The van der Waals surface area contributed by atoms with Gasteiger partial charge in [0.25, 0.3) is 10.2 Å². The SMILES string of the molecule is CC1(CNS(N)(=O)=O)CC1. The van der Waals surface area contributed by atoms with Gasteiger partial charge in [0.05, 0.1) is 0 Å². The van der Waals surface area contributed by atoms with Gasteiger partial charge in [0, 0.05) is 6.54 Å². The van der Waals surface area contributed by atoms with Gasteiger partial charge < -0.3 is 0 Å². The molecule has 4 nitrogen and oxygen atoms in total. The molecule has 1 saturated carbocycles. The van der Waals surface area contributed by atoms with E-state index < -0.39 is 10.2 Å². The minimum absolute atomic E-state index is 0.187. The molecule has 1 fully saturated rings. The number of nitrogens with two attached hydrogens (primary N) is 1. The maximum atomic E-state index is 10.4. The fraction of sp³-hybridized carbons (Fsp3) is 1.00. The second kappa shape index (κ2) is 2.18. The van der Waals surface area contributed by atoms with Crippen molar-refractivity contribution in [2.75, 3.05) is 6.54 Å². The number of hydrogen-bond donors (Lipinski definition) is 2. The summed E-state index contributed by atoms with van der Waals surface area (Å²) < 4.78 is 23.0. The summed E-state index contributed by atoms with van der Waals surface area (Å²) in [5.74, 6) is 0. The van der Waals surface area contributed by atoms with Crippen LogP contribution in [0.15, 0.2) is 0 Å². The second-order valence-electron chi connectivity index (χ2n) is 3.18. The summed E-state index contributed by atoms with van der Waals surface area (Å²) in [5, 5.41) is 4.73. The Hall–Kier alpha value is -0.130. The Labute approximate surface area is 61.0 Å². The van der Waals surface area contributed by atoms with Crippen molar-refractivity contribution in [1.82, 2.24) is 4.72 Å². The molecule has 0 aliphatic heterocycles. The van der Waals surface area contributed by atoms with Crippen LogP contribution in [-0.4, -0.2) is 15.0 Å². The van der Waals surface area contributed by atoms with E-state index in [1.165, 1.54) is 0 Å². The third-order valence-electron chi connectivity index (χ3n) is 1.80. The molecule has 1 aliphatic rings. The summed E-state index contributed by atoms with van der Waals surface area (Å²) >= 11 is 0. The first kappa shape index (κ1) is 7.97. The highest BCUT2D eigenvalue weighted by Crippen LogP contribution is 2.44. The van der Waals surface area contributed by atoms with Crippen LogP contribution in [-0.2, 0) is 10.2 Å². The molecule has 0 aromatic rings. The van der Waals surface area contributed by atoms with E-state index in [0.29, 0.717) is 6.54 Å². The quantitative estimate of drug-likeness (QED) is 0.594. The average molecular weight is 164 g/mol. The lowest BCUT2D eigenvalue weighted by Gasteiger charge is -2.06.